The van der Waals surface area contributed by atoms with E-state index in [2.05, 4.69) is 17.1 Å². The van der Waals surface area contributed by atoms with Gasteiger partial charge in [0.15, 0.2) is 0 Å². The average Bonchev–Trinajstić information content (AvgIpc) is 2.33. The van der Waals surface area contributed by atoms with Crippen LogP contribution in [0.5, 0.6) is 0 Å². The van der Waals surface area contributed by atoms with Crippen LogP contribution < -0.4 is 5.32 Å². The Morgan fingerprint density at radius 2 is 2.38 bits per heavy atom. The number of nitroso groups, excluding NO2 is 1. The van der Waals surface area contributed by atoms with Gasteiger partial charge in [-0.2, -0.15) is 4.91 Å². The zero-order valence-corrected chi connectivity index (χ0v) is 9.72. The fourth-order valence-electron chi connectivity index (χ4n) is 1.15. The number of hydrogen-bond donors (Lipinski definition) is 2. The molecule has 0 bridgehead atoms. The van der Waals surface area contributed by atoms with Crippen molar-refractivity contribution in [2.45, 2.75) is 19.4 Å². The summed E-state index contributed by atoms with van der Waals surface area (Å²) in [5.41, 5.74) is 1.04. The van der Waals surface area contributed by atoms with Crippen molar-refractivity contribution in [3.63, 3.8) is 0 Å². The summed E-state index contributed by atoms with van der Waals surface area (Å²) in [4.78, 5) is 9.96. The molecule has 0 heterocycles. The zero-order chi connectivity index (χ0) is 12.2. The Labute approximate surface area is 96.7 Å². The standard InChI is InChI=1S/C12H20N2O2/c1-3-5-6-11(4-2)9-13-12(10-15)7-8-14-16/h3-6,12-13,15H,2,7-10H2,1H3/b5-3-,11-6+. The third-order valence-electron chi connectivity index (χ3n) is 2.15. The van der Waals surface area contributed by atoms with E-state index >= 15 is 0 Å². The molecule has 0 saturated heterocycles. The largest absolute Gasteiger partial charge is 0.395 e. The van der Waals surface area contributed by atoms with Gasteiger partial charge < -0.3 is 10.4 Å². The summed E-state index contributed by atoms with van der Waals surface area (Å²) in [7, 11) is 0. The van der Waals surface area contributed by atoms with Crippen LogP contribution in [0.1, 0.15) is 13.3 Å². The molecule has 0 saturated carbocycles. The van der Waals surface area contributed by atoms with Gasteiger partial charge in [-0.25, -0.2) is 0 Å². The predicted octanol–water partition coefficient (Wildman–Crippen LogP) is 1.78. The first-order chi connectivity index (χ1) is 7.78. The van der Waals surface area contributed by atoms with Crippen molar-refractivity contribution >= 4 is 0 Å². The molecule has 0 aliphatic heterocycles. The van der Waals surface area contributed by atoms with Crippen LogP contribution in [-0.4, -0.2) is 30.8 Å². The van der Waals surface area contributed by atoms with Crippen molar-refractivity contribution in [1.29, 1.82) is 0 Å². The highest BCUT2D eigenvalue weighted by atomic mass is 16.3. The first-order valence-electron chi connectivity index (χ1n) is 5.36. The fraction of sp³-hybridized carbons (Fsp3) is 0.500. The molecular weight excluding hydrogens is 204 g/mol. The lowest BCUT2D eigenvalue weighted by Crippen LogP contribution is -2.34. The minimum atomic E-state index is -0.0911. The molecule has 0 amide bonds. The topological polar surface area (TPSA) is 61.7 Å². The highest BCUT2D eigenvalue weighted by Gasteiger charge is 2.06. The van der Waals surface area contributed by atoms with Gasteiger partial charge in [-0.3, -0.25) is 0 Å². The number of aliphatic hydroxyl groups is 1. The smallest absolute Gasteiger partial charge is 0.0826 e. The third kappa shape index (κ3) is 7.09. The van der Waals surface area contributed by atoms with Gasteiger partial charge in [-0.15, -0.1) is 0 Å². The Bertz CT molecular complexity index is 260. The second kappa shape index (κ2) is 10.3. The molecule has 0 aromatic rings. The Morgan fingerprint density at radius 3 is 2.88 bits per heavy atom. The second-order valence-electron chi connectivity index (χ2n) is 3.37. The number of aliphatic hydroxyl groups excluding tert-OH is 1. The summed E-state index contributed by atoms with van der Waals surface area (Å²) in [5.74, 6) is 0. The van der Waals surface area contributed by atoms with E-state index < -0.39 is 0 Å². The van der Waals surface area contributed by atoms with Crippen LogP contribution in [0.4, 0.5) is 0 Å². The Morgan fingerprint density at radius 1 is 1.62 bits per heavy atom. The van der Waals surface area contributed by atoms with E-state index in [9.17, 15) is 4.91 Å². The van der Waals surface area contributed by atoms with Gasteiger partial charge in [0.1, 0.15) is 0 Å². The summed E-state index contributed by atoms with van der Waals surface area (Å²) in [6.07, 6.45) is 8.13. The van der Waals surface area contributed by atoms with Gasteiger partial charge in [-0.1, -0.05) is 36.1 Å². The predicted molar refractivity (Wildman–Crippen MR) is 67.2 cm³/mol. The molecular formula is C12H20N2O2. The maximum atomic E-state index is 9.96. The average molecular weight is 224 g/mol. The van der Waals surface area contributed by atoms with Gasteiger partial charge in [-0.05, 0) is 18.9 Å². The minimum absolute atomic E-state index is 0.00353. The summed E-state index contributed by atoms with van der Waals surface area (Å²) in [6, 6.07) is -0.0911. The molecule has 0 aromatic heterocycles. The van der Waals surface area contributed by atoms with Gasteiger partial charge in [0.25, 0.3) is 0 Å². The van der Waals surface area contributed by atoms with Crippen LogP contribution in [0.2, 0.25) is 0 Å². The molecule has 0 radical (unpaired) electrons. The van der Waals surface area contributed by atoms with E-state index in [4.69, 9.17) is 5.11 Å². The molecule has 16 heavy (non-hydrogen) atoms. The molecule has 0 aromatic carbocycles. The second-order valence-corrected chi connectivity index (χ2v) is 3.37. The van der Waals surface area contributed by atoms with Crippen molar-refractivity contribution in [2.24, 2.45) is 5.18 Å². The lowest BCUT2D eigenvalue weighted by molar-refractivity contribution is 0.240. The quantitative estimate of drug-likeness (QED) is 0.463. The maximum Gasteiger partial charge on any atom is 0.0826 e. The van der Waals surface area contributed by atoms with Crippen LogP contribution in [0.3, 0.4) is 0 Å². The summed E-state index contributed by atoms with van der Waals surface area (Å²) in [5, 5.41) is 15.0. The molecule has 0 rings (SSSR count). The molecule has 1 unspecified atom stereocenters. The molecule has 1 atom stereocenters. The number of hydrogen-bond acceptors (Lipinski definition) is 4. The molecule has 4 nitrogen and oxygen atoms in total. The fourth-order valence-corrected chi connectivity index (χ4v) is 1.15. The van der Waals surface area contributed by atoms with Crippen LogP contribution in [0.15, 0.2) is 41.6 Å². The minimum Gasteiger partial charge on any atom is -0.395 e. The normalized spacial score (nSPS) is 14.0. The number of nitrogens with zero attached hydrogens (tertiary/aromatic N) is 1. The molecule has 0 spiro atoms. The molecule has 0 aliphatic rings. The van der Waals surface area contributed by atoms with E-state index in [1.807, 2.05) is 25.2 Å². The highest BCUT2D eigenvalue weighted by molar-refractivity contribution is 5.23. The van der Waals surface area contributed by atoms with Crippen LogP contribution in [0.25, 0.3) is 0 Å². The molecule has 2 N–H and O–H groups in total. The highest BCUT2D eigenvalue weighted by Crippen LogP contribution is 1.98. The molecule has 90 valence electrons. The number of rotatable bonds is 9. The number of nitrogens with one attached hydrogen (secondary N) is 1. The van der Waals surface area contributed by atoms with E-state index in [0.717, 1.165) is 5.57 Å². The van der Waals surface area contributed by atoms with Crippen molar-refractivity contribution in [3.05, 3.63) is 41.4 Å². The van der Waals surface area contributed by atoms with Crippen LogP contribution in [-0.2, 0) is 0 Å². The summed E-state index contributed by atoms with van der Waals surface area (Å²) in [6.45, 7) is 6.50. The van der Waals surface area contributed by atoms with Crippen LogP contribution >= 0.6 is 0 Å². The Balaban J connectivity index is 4.06. The van der Waals surface area contributed by atoms with Gasteiger partial charge in [0.2, 0.25) is 0 Å². The summed E-state index contributed by atoms with van der Waals surface area (Å²) < 4.78 is 0. The van der Waals surface area contributed by atoms with E-state index in [1.165, 1.54) is 0 Å². The number of allylic oxidation sites excluding steroid dienone is 3. The van der Waals surface area contributed by atoms with Crippen molar-refractivity contribution < 1.29 is 5.11 Å². The van der Waals surface area contributed by atoms with Gasteiger partial charge in [0, 0.05) is 12.6 Å². The van der Waals surface area contributed by atoms with Gasteiger partial charge in [0.05, 0.1) is 13.2 Å². The zero-order valence-electron chi connectivity index (χ0n) is 9.72. The molecule has 4 heteroatoms. The molecule has 0 aliphatic carbocycles. The third-order valence-corrected chi connectivity index (χ3v) is 2.15. The molecule has 0 fully saturated rings. The van der Waals surface area contributed by atoms with E-state index in [0.29, 0.717) is 13.0 Å². The van der Waals surface area contributed by atoms with Gasteiger partial charge >= 0.3 is 0 Å². The van der Waals surface area contributed by atoms with Crippen LogP contribution in [0, 0.1) is 4.91 Å². The van der Waals surface area contributed by atoms with Crippen molar-refractivity contribution in [3.8, 4) is 0 Å². The van der Waals surface area contributed by atoms with E-state index in [1.54, 1.807) is 6.08 Å². The SMILES string of the molecule is C=C/C(=C\C=C/C)CNC(CO)CCN=O. The summed E-state index contributed by atoms with van der Waals surface area (Å²) >= 11 is 0. The van der Waals surface area contributed by atoms with Crippen molar-refractivity contribution in [2.75, 3.05) is 19.7 Å². The van der Waals surface area contributed by atoms with E-state index in [-0.39, 0.29) is 19.2 Å². The Kier molecular flexibility index (Phi) is 9.46. The monoisotopic (exact) mass is 224 g/mol. The lowest BCUT2D eigenvalue weighted by atomic mass is 10.2. The van der Waals surface area contributed by atoms with Crippen molar-refractivity contribution in [1.82, 2.24) is 5.32 Å². The lowest BCUT2D eigenvalue weighted by Gasteiger charge is -2.14. The Hall–Kier alpha value is -1.26. The maximum absolute atomic E-state index is 9.96. The first kappa shape index (κ1) is 14.7. The first-order valence-corrected chi connectivity index (χ1v) is 5.36.